The van der Waals surface area contributed by atoms with Crippen LogP contribution < -0.4 is 4.18 Å². The van der Waals surface area contributed by atoms with Gasteiger partial charge in [-0.25, -0.2) is 8.78 Å². The molecule has 0 aliphatic heterocycles. The molecule has 0 aliphatic carbocycles. The minimum Gasteiger partial charge on any atom is -0.382 e. The van der Waals surface area contributed by atoms with Gasteiger partial charge in [0.05, 0.1) is 6.26 Å². The highest BCUT2D eigenvalue weighted by Crippen LogP contribution is 2.16. The van der Waals surface area contributed by atoms with Crippen LogP contribution in [0.25, 0.3) is 0 Å². The number of halogens is 2. The van der Waals surface area contributed by atoms with Gasteiger partial charge < -0.3 is 4.18 Å². The molecule has 1 aromatic carbocycles. The number of hydrogen-bond donors (Lipinski definition) is 0. The monoisotopic (exact) mass is 208 g/mol. The van der Waals surface area contributed by atoms with E-state index in [9.17, 15) is 17.2 Å². The SMILES string of the molecule is CS(=O)(=O)Oc1cc(F)cc(F)c1. The fraction of sp³-hybridized carbons (Fsp3) is 0.143. The molecule has 1 rings (SSSR count). The summed E-state index contributed by atoms with van der Waals surface area (Å²) in [5.41, 5.74) is 0. The van der Waals surface area contributed by atoms with E-state index in [1.165, 1.54) is 0 Å². The Bertz CT molecular complexity index is 393. The first-order valence-corrected chi connectivity index (χ1v) is 5.04. The lowest BCUT2D eigenvalue weighted by atomic mass is 10.3. The maximum atomic E-state index is 12.5. The van der Waals surface area contributed by atoms with Gasteiger partial charge in [0.25, 0.3) is 0 Å². The van der Waals surface area contributed by atoms with Crippen LogP contribution in [0.15, 0.2) is 18.2 Å². The van der Waals surface area contributed by atoms with Crippen LogP contribution in [-0.4, -0.2) is 14.7 Å². The first-order valence-electron chi connectivity index (χ1n) is 3.22. The maximum Gasteiger partial charge on any atom is 0.306 e. The van der Waals surface area contributed by atoms with Crippen molar-refractivity contribution >= 4 is 10.1 Å². The second kappa shape index (κ2) is 3.29. The second-order valence-corrected chi connectivity index (χ2v) is 3.97. The van der Waals surface area contributed by atoms with Gasteiger partial charge in [-0.15, -0.1) is 0 Å². The average Bonchev–Trinajstić information content (AvgIpc) is 1.78. The largest absolute Gasteiger partial charge is 0.382 e. The Kier molecular flexibility index (Phi) is 2.51. The predicted octanol–water partition coefficient (Wildman–Crippen LogP) is 1.30. The van der Waals surface area contributed by atoms with Gasteiger partial charge in [0.2, 0.25) is 0 Å². The topological polar surface area (TPSA) is 43.4 Å². The molecule has 6 heteroatoms. The van der Waals surface area contributed by atoms with Crippen molar-refractivity contribution in [1.29, 1.82) is 0 Å². The summed E-state index contributed by atoms with van der Waals surface area (Å²) in [6, 6.07) is 2.18. The summed E-state index contributed by atoms with van der Waals surface area (Å²) in [7, 11) is -3.74. The highest BCUT2D eigenvalue weighted by atomic mass is 32.2. The lowest BCUT2D eigenvalue weighted by molar-refractivity contribution is 0.485. The number of rotatable bonds is 2. The molecule has 0 aromatic heterocycles. The molecule has 0 N–H and O–H groups in total. The van der Waals surface area contributed by atoms with Gasteiger partial charge in [-0.3, -0.25) is 0 Å². The van der Waals surface area contributed by atoms with E-state index >= 15 is 0 Å². The molecule has 0 fully saturated rings. The molecule has 13 heavy (non-hydrogen) atoms. The van der Waals surface area contributed by atoms with Gasteiger partial charge in [-0.1, -0.05) is 0 Å². The Balaban J connectivity index is 3.03. The molecule has 0 heterocycles. The van der Waals surface area contributed by atoms with Crippen molar-refractivity contribution in [3.8, 4) is 5.75 Å². The molecular weight excluding hydrogens is 202 g/mol. The zero-order chi connectivity index (χ0) is 10.1. The van der Waals surface area contributed by atoms with Crippen molar-refractivity contribution in [3.63, 3.8) is 0 Å². The molecular formula is C7H6F2O3S. The molecule has 3 nitrogen and oxygen atoms in total. The second-order valence-electron chi connectivity index (χ2n) is 2.39. The summed E-state index contributed by atoms with van der Waals surface area (Å²) in [6.45, 7) is 0. The molecule has 0 aliphatic rings. The molecule has 0 unspecified atom stereocenters. The van der Waals surface area contributed by atoms with Crippen molar-refractivity contribution in [3.05, 3.63) is 29.8 Å². The molecule has 0 saturated heterocycles. The minimum absolute atomic E-state index is 0.375. The van der Waals surface area contributed by atoms with E-state index in [0.29, 0.717) is 6.07 Å². The third kappa shape index (κ3) is 3.37. The summed E-state index contributed by atoms with van der Waals surface area (Å²) in [4.78, 5) is 0. The van der Waals surface area contributed by atoms with Gasteiger partial charge in [0, 0.05) is 18.2 Å². The van der Waals surface area contributed by atoms with E-state index in [1.807, 2.05) is 0 Å². The van der Waals surface area contributed by atoms with Crippen LogP contribution >= 0.6 is 0 Å². The predicted molar refractivity (Wildman–Crippen MR) is 41.8 cm³/mol. The number of benzene rings is 1. The maximum absolute atomic E-state index is 12.5. The Labute approximate surface area is 74.1 Å². The van der Waals surface area contributed by atoms with Crippen LogP contribution in [0, 0.1) is 11.6 Å². The lowest BCUT2D eigenvalue weighted by Crippen LogP contribution is -2.06. The zero-order valence-electron chi connectivity index (χ0n) is 6.62. The quantitative estimate of drug-likeness (QED) is 0.688. The lowest BCUT2D eigenvalue weighted by Gasteiger charge is -2.02. The van der Waals surface area contributed by atoms with E-state index in [-0.39, 0.29) is 5.75 Å². The molecule has 0 spiro atoms. The Morgan fingerprint density at radius 3 is 2.00 bits per heavy atom. The fourth-order valence-corrected chi connectivity index (χ4v) is 1.20. The van der Waals surface area contributed by atoms with Crippen molar-refractivity contribution in [2.24, 2.45) is 0 Å². The molecule has 0 bridgehead atoms. The van der Waals surface area contributed by atoms with E-state index < -0.39 is 21.8 Å². The summed E-state index contributed by atoms with van der Waals surface area (Å²) in [5, 5.41) is 0. The van der Waals surface area contributed by atoms with Crippen LogP contribution in [0.1, 0.15) is 0 Å². The molecule has 1 aromatic rings. The summed E-state index contributed by atoms with van der Waals surface area (Å²) in [5.74, 6) is -2.16. The van der Waals surface area contributed by atoms with Crippen molar-refractivity contribution in [2.75, 3.05) is 6.26 Å². The van der Waals surface area contributed by atoms with E-state index in [4.69, 9.17) is 0 Å². The average molecular weight is 208 g/mol. The van der Waals surface area contributed by atoms with Crippen LogP contribution in [-0.2, 0) is 10.1 Å². The summed E-state index contributed by atoms with van der Waals surface area (Å²) < 4.78 is 50.3. The van der Waals surface area contributed by atoms with Crippen molar-refractivity contribution in [1.82, 2.24) is 0 Å². The van der Waals surface area contributed by atoms with Gasteiger partial charge in [0.15, 0.2) is 0 Å². The summed E-state index contributed by atoms with van der Waals surface area (Å²) in [6.07, 6.45) is 0.788. The van der Waals surface area contributed by atoms with Gasteiger partial charge >= 0.3 is 10.1 Å². The van der Waals surface area contributed by atoms with E-state index in [1.54, 1.807) is 0 Å². The van der Waals surface area contributed by atoms with Crippen LogP contribution in [0.5, 0.6) is 5.75 Å². The van der Waals surface area contributed by atoms with E-state index in [0.717, 1.165) is 18.4 Å². The minimum atomic E-state index is -3.74. The zero-order valence-corrected chi connectivity index (χ0v) is 7.44. The number of hydrogen-bond acceptors (Lipinski definition) is 3. The Morgan fingerprint density at radius 1 is 1.15 bits per heavy atom. The molecule has 72 valence electrons. The molecule has 0 amide bonds. The van der Waals surface area contributed by atoms with E-state index in [2.05, 4.69) is 4.18 Å². The Morgan fingerprint density at radius 2 is 1.62 bits per heavy atom. The highest BCUT2D eigenvalue weighted by molar-refractivity contribution is 7.86. The van der Waals surface area contributed by atoms with Gasteiger partial charge in [-0.2, -0.15) is 8.42 Å². The third-order valence-corrected chi connectivity index (χ3v) is 1.58. The Hall–Kier alpha value is -1.17. The first-order chi connectivity index (χ1) is 5.87. The van der Waals surface area contributed by atoms with Crippen LogP contribution in [0.4, 0.5) is 8.78 Å². The van der Waals surface area contributed by atoms with Crippen molar-refractivity contribution < 1.29 is 21.4 Å². The molecule has 0 radical (unpaired) electrons. The fourth-order valence-electron chi connectivity index (χ4n) is 0.751. The van der Waals surface area contributed by atoms with Crippen LogP contribution in [0.2, 0.25) is 0 Å². The normalized spacial score (nSPS) is 11.3. The molecule has 0 saturated carbocycles. The van der Waals surface area contributed by atoms with Crippen molar-refractivity contribution in [2.45, 2.75) is 0 Å². The molecule has 0 atom stereocenters. The highest BCUT2D eigenvalue weighted by Gasteiger charge is 2.07. The standard InChI is InChI=1S/C7H6F2O3S/c1-13(10,11)12-7-3-5(8)2-6(9)4-7/h2-4H,1H3. The van der Waals surface area contributed by atoms with Gasteiger partial charge in [-0.05, 0) is 0 Å². The van der Waals surface area contributed by atoms with Gasteiger partial charge in [0.1, 0.15) is 17.4 Å². The summed E-state index contributed by atoms with van der Waals surface area (Å²) >= 11 is 0. The van der Waals surface area contributed by atoms with Crippen LogP contribution in [0.3, 0.4) is 0 Å². The smallest absolute Gasteiger partial charge is 0.306 e. The first kappa shape index (κ1) is 9.91. The third-order valence-electron chi connectivity index (χ3n) is 1.08.